The lowest BCUT2D eigenvalue weighted by Gasteiger charge is -2.34. The van der Waals surface area contributed by atoms with Crippen molar-refractivity contribution in [2.45, 2.75) is 45.6 Å². The van der Waals surface area contributed by atoms with Gasteiger partial charge in [-0.3, -0.25) is 9.48 Å². The first kappa shape index (κ1) is 15.0. The Morgan fingerprint density at radius 2 is 2.35 bits per heavy atom. The third-order valence-corrected chi connectivity index (χ3v) is 3.91. The smallest absolute Gasteiger partial charge is 0.257 e. The van der Waals surface area contributed by atoms with Crippen molar-refractivity contribution < 1.29 is 4.79 Å². The molecule has 2 rings (SSSR count). The van der Waals surface area contributed by atoms with E-state index in [0.29, 0.717) is 6.04 Å². The highest BCUT2D eigenvalue weighted by Crippen LogP contribution is 2.17. The van der Waals surface area contributed by atoms with Gasteiger partial charge in [-0.1, -0.05) is 13.8 Å². The monoisotopic (exact) mass is 278 g/mol. The summed E-state index contributed by atoms with van der Waals surface area (Å²) in [5.41, 5.74) is 1.68. The van der Waals surface area contributed by atoms with E-state index in [4.69, 9.17) is 0 Å². The highest BCUT2D eigenvalue weighted by Gasteiger charge is 2.27. The Morgan fingerprint density at radius 3 is 2.95 bits per heavy atom. The van der Waals surface area contributed by atoms with Gasteiger partial charge in [0.05, 0.1) is 11.3 Å². The molecule has 0 saturated carbocycles. The molecular weight excluding hydrogens is 252 g/mol. The van der Waals surface area contributed by atoms with E-state index in [0.717, 1.165) is 56.6 Å². The lowest BCUT2D eigenvalue weighted by Crippen LogP contribution is -2.49. The van der Waals surface area contributed by atoms with Gasteiger partial charge in [0.15, 0.2) is 0 Å². The molecule has 0 radical (unpaired) electrons. The number of nitrogens with zero attached hydrogens (tertiary/aromatic N) is 3. The molecule has 20 heavy (non-hydrogen) atoms. The molecule has 0 spiro atoms. The Kier molecular flexibility index (Phi) is 5.17. The number of hydrogen-bond acceptors (Lipinski definition) is 3. The molecule has 1 unspecified atom stereocenters. The zero-order valence-electron chi connectivity index (χ0n) is 12.9. The van der Waals surface area contributed by atoms with Gasteiger partial charge in [-0.25, -0.2) is 0 Å². The third-order valence-electron chi connectivity index (χ3n) is 3.91. The number of rotatable bonds is 5. The molecule has 5 heteroatoms. The van der Waals surface area contributed by atoms with Crippen LogP contribution in [-0.4, -0.2) is 46.3 Å². The number of piperidine rings is 1. The summed E-state index contributed by atoms with van der Waals surface area (Å²) in [4.78, 5) is 14.9. The molecule has 1 aliphatic heterocycles. The van der Waals surface area contributed by atoms with Crippen LogP contribution in [0.3, 0.4) is 0 Å². The van der Waals surface area contributed by atoms with Crippen molar-refractivity contribution in [2.75, 3.05) is 19.6 Å². The topological polar surface area (TPSA) is 50.2 Å². The van der Waals surface area contributed by atoms with Gasteiger partial charge in [-0.15, -0.1) is 0 Å². The minimum atomic E-state index is 0.144. The predicted octanol–water partition coefficient (Wildman–Crippen LogP) is 1.59. The fraction of sp³-hybridized carbons (Fsp3) is 0.733. The van der Waals surface area contributed by atoms with E-state index in [9.17, 15) is 4.79 Å². The number of amides is 1. The van der Waals surface area contributed by atoms with Crippen molar-refractivity contribution in [2.24, 2.45) is 7.05 Å². The van der Waals surface area contributed by atoms with Crippen LogP contribution in [0.4, 0.5) is 0 Å². The van der Waals surface area contributed by atoms with Gasteiger partial charge in [0.25, 0.3) is 5.91 Å². The molecule has 1 amide bonds. The van der Waals surface area contributed by atoms with Crippen LogP contribution >= 0.6 is 0 Å². The van der Waals surface area contributed by atoms with Crippen LogP contribution in [0, 0.1) is 0 Å². The van der Waals surface area contributed by atoms with Gasteiger partial charge in [-0.2, -0.15) is 5.10 Å². The van der Waals surface area contributed by atoms with Crippen LogP contribution in [-0.2, 0) is 13.5 Å². The van der Waals surface area contributed by atoms with Crippen molar-refractivity contribution >= 4 is 5.91 Å². The molecule has 1 aliphatic rings. The quantitative estimate of drug-likeness (QED) is 0.890. The van der Waals surface area contributed by atoms with Crippen molar-refractivity contribution in [3.05, 3.63) is 17.5 Å². The van der Waals surface area contributed by atoms with Gasteiger partial charge in [0.1, 0.15) is 0 Å². The van der Waals surface area contributed by atoms with Gasteiger partial charge in [-0.05, 0) is 32.2 Å². The number of hydrogen-bond donors (Lipinski definition) is 1. The molecule has 1 atom stereocenters. The summed E-state index contributed by atoms with van der Waals surface area (Å²) in [6, 6.07) is 0.320. The molecule has 1 aromatic heterocycles. The van der Waals surface area contributed by atoms with Crippen molar-refractivity contribution in [3.63, 3.8) is 0 Å². The largest absolute Gasteiger partial charge is 0.334 e. The van der Waals surface area contributed by atoms with Crippen LogP contribution in [0.1, 0.15) is 49.2 Å². The number of carbonyl (C=O) groups is 1. The van der Waals surface area contributed by atoms with Crippen LogP contribution < -0.4 is 5.32 Å². The summed E-state index contributed by atoms with van der Waals surface area (Å²) >= 11 is 0. The Hall–Kier alpha value is -1.36. The summed E-state index contributed by atoms with van der Waals surface area (Å²) in [6.45, 7) is 6.97. The number of carbonyl (C=O) groups excluding carboxylic acids is 1. The minimum absolute atomic E-state index is 0.144. The molecule has 112 valence electrons. The molecule has 1 N–H and O–H groups in total. The number of aromatic nitrogens is 2. The van der Waals surface area contributed by atoms with Gasteiger partial charge in [0, 0.05) is 32.4 Å². The Labute approximate surface area is 121 Å². The summed E-state index contributed by atoms with van der Waals surface area (Å²) in [5, 5.41) is 7.79. The maximum atomic E-state index is 12.9. The van der Waals surface area contributed by atoms with Crippen molar-refractivity contribution in [1.29, 1.82) is 0 Å². The van der Waals surface area contributed by atoms with Crippen molar-refractivity contribution in [3.8, 4) is 0 Å². The summed E-state index contributed by atoms with van der Waals surface area (Å²) in [6.07, 6.45) is 5.89. The minimum Gasteiger partial charge on any atom is -0.334 e. The summed E-state index contributed by atoms with van der Waals surface area (Å²) < 4.78 is 1.75. The van der Waals surface area contributed by atoms with Gasteiger partial charge >= 0.3 is 0 Å². The van der Waals surface area contributed by atoms with Crippen LogP contribution in [0.15, 0.2) is 6.20 Å². The average molecular weight is 278 g/mol. The Morgan fingerprint density at radius 1 is 1.55 bits per heavy atom. The van der Waals surface area contributed by atoms with Crippen molar-refractivity contribution in [1.82, 2.24) is 20.0 Å². The van der Waals surface area contributed by atoms with E-state index in [1.165, 1.54) is 0 Å². The van der Waals surface area contributed by atoms with E-state index >= 15 is 0 Å². The van der Waals surface area contributed by atoms with E-state index in [2.05, 4.69) is 17.3 Å². The first-order chi connectivity index (χ1) is 9.67. The lowest BCUT2D eigenvalue weighted by atomic mass is 10.0. The number of nitrogens with one attached hydrogen (secondary N) is 1. The van der Waals surface area contributed by atoms with E-state index in [1.807, 2.05) is 25.1 Å². The molecule has 0 aliphatic carbocycles. The summed E-state index contributed by atoms with van der Waals surface area (Å²) in [7, 11) is 1.88. The van der Waals surface area contributed by atoms with Crippen LogP contribution in [0.5, 0.6) is 0 Å². The maximum Gasteiger partial charge on any atom is 0.257 e. The van der Waals surface area contributed by atoms with E-state index in [1.54, 1.807) is 4.68 Å². The second-order valence-corrected chi connectivity index (χ2v) is 5.52. The molecule has 0 aromatic carbocycles. The highest BCUT2D eigenvalue weighted by molar-refractivity contribution is 5.95. The fourth-order valence-electron chi connectivity index (χ4n) is 2.92. The van der Waals surface area contributed by atoms with Crippen LogP contribution in [0.2, 0.25) is 0 Å². The first-order valence-corrected chi connectivity index (χ1v) is 7.71. The molecule has 1 fully saturated rings. The lowest BCUT2D eigenvalue weighted by molar-refractivity contribution is 0.0648. The Balaban J connectivity index is 2.20. The standard InChI is InChI=1S/C15H26N4O/c1-4-9-19(12-7-6-8-16-10-12)15(20)13-11-18(3)17-14(13)5-2/h11-12,16H,4-10H2,1-3H3. The maximum absolute atomic E-state index is 12.9. The molecule has 1 saturated heterocycles. The second kappa shape index (κ2) is 6.88. The van der Waals surface area contributed by atoms with Gasteiger partial charge < -0.3 is 10.2 Å². The van der Waals surface area contributed by atoms with Gasteiger partial charge in [0.2, 0.25) is 0 Å². The number of aryl methyl sites for hydroxylation is 2. The molecule has 0 bridgehead atoms. The Bertz CT molecular complexity index is 449. The SMILES string of the molecule is CCCN(C(=O)c1cn(C)nc1CC)C1CCCNC1. The zero-order chi connectivity index (χ0) is 14.5. The van der Waals surface area contributed by atoms with E-state index < -0.39 is 0 Å². The predicted molar refractivity (Wildman–Crippen MR) is 79.8 cm³/mol. The normalized spacial score (nSPS) is 19.1. The second-order valence-electron chi connectivity index (χ2n) is 5.52. The fourth-order valence-corrected chi connectivity index (χ4v) is 2.92. The van der Waals surface area contributed by atoms with E-state index in [-0.39, 0.29) is 5.91 Å². The average Bonchev–Trinajstić information content (AvgIpc) is 2.86. The zero-order valence-corrected chi connectivity index (χ0v) is 12.9. The highest BCUT2D eigenvalue weighted by atomic mass is 16.2. The first-order valence-electron chi connectivity index (χ1n) is 7.71. The van der Waals surface area contributed by atoms with Crippen LogP contribution in [0.25, 0.3) is 0 Å². The summed E-state index contributed by atoms with van der Waals surface area (Å²) in [5.74, 6) is 0.144. The molecule has 5 nitrogen and oxygen atoms in total. The molecular formula is C15H26N4O. The third kappa shape index (κ3) is 3.20. The molecule has 1 aromatic rings. The molecule has 2 heterocycles.